The second-order valence-electron chi connectivity index (χ2n) is 6.56. The van der Waals surface area contributed by atoms with Gasteiger partial charge in [-0.2, -0.15) is 0 Å². The molecule has 0 amide bonds. The Balaban J connectivity index is 0.00000210. The van der Waals surface area contributed by atoms with Crippen LogP contribution < -0.4 is 9.64 Å². The van der Waals surface area contributed by atoms with Gasteiger partial charge in [-0.05, 0) is 54.2 Å². The molecule has 3 heterocycles. The molecule has 0 radical (unpaired) electrons. The van der Waals surface area contributed by atoms with Crippen LogP contribution in [0.15, 0.2) is 41.8 Å². The number of aliphatic hydroxyl groups excluding tert-OH is 1. The number of ether oxygens (including phenoxy) is 1. The third kappa shape index (κ3) is 4.35. The highest BCUT2D eigenvalue weighted by Crippen LogP contribution is 2.34. The van der Waals surface area contributed by atoms with E-state index >= 15 is 0 Å². The molecule has 1 fully saturated rings. The van der Waals surface area contributed by atoms with Crippen LogP contribution >= 0.6 is 23.7 Å². The van der Waals surface area contributed by atoms with Crippen LogP contribution in [0.3, 0.4) is 0 Å². The molecule has 0 unspecified atom stereocenters. The Hall–Kier alpha value is -1.86. The molecule has 2 aromatic heterocycles. The predicted molar refractivity (Wildman–Crippen MR) is 115 cm³/mol. The largest absolute Gasteiger partial charge is 0.491 e. The fraction of sp³-hybridized carbons (Fsp3) is 0.350. The maximum Gasteiger partial charge on any atom is 0.147 e. The first-order valence-electron chi connectivity index (χ1n) is 8.90. The average Bonchev–Trinajstić information content (AvgIpc) is 3.15. The molecule has 1 N–H and O–H groups in total. The van der Waals surface area contributed by atoms with E-state index in [4.69, 9.17) is 14.8 Å². The van der Waals surface area contributed by atoms with Gasteiger partial charge in [-0.25, -0.2) is 4.98 Å². The maximum absolute atomic E-state index is 8.87. The molecule has 144 valence electrons. The van der Waals surface area contributed by atoms with Crippen molar-refractivity contribution in [3.05, 3.63) is 41.8 Å². The molecule has 7 heteroatoms. The molecule has 1 aromatic carbocycles. The molecule has 4 rings (SSSR count). The zero-order chi connectivity index (χ0) is 17.9. The van der Waals surface area contributed by atoms with Crippen molar-refractivity contribution in [3.8, 4) is 17.0 Å². The van der Waals surface area contributed by atoms with Crippen LogP contribution in [0.5, 0.6) is 5.75 Å². The Bertz CT molecular complexity index is 877. The molecule has 3 aromatic rings. The number of hydrogen-bond acceptors (Lipinski definition) is 6. The normalized spacial score (nSPS) is 15.0. The van der Waals surface area contributed by atoms with Gasteiger partial charge in [-0.3, -0.25) is 0 Å². The first-order valence-corrected chi connectivity index (χ1v) is 9.78. The van der Waals surface area contributed by atoms with Crippen LogP contribution in [0.1, 0.15) is 0 Å². The molecule has 1 aliphatic rings. The lowest BCUT2D eigenvalue weighted by Crippen LogP contribution is -2.44. The average molecular weight is 406 g/mol. The van der Waals surface area contributed by atoms with E-state index < -0.39 is 0 Å². The highest BCUT2D eigenvalue weighted by Gasteiger charge is 2.19. The summed E-state index contributed by atoms with van der Waals surface area (Å²) in [5.41, 5.74) is 2.06. The van der Waals surface area contributed by atoms with Crippen molar-refractivity contribution in [1.29, 1.82) is 0 Å². The predicted octanol–water partition coefficient (Wildman–Crippen LogP) is 3.51. The number of nitrogens with zero attached hydrogens (tertiary/aromatic N) is 3. The number of rotatable bonds is 5. The Morgan fingerprint density at radius 2 is 1.85 bits per heavy atom. The highest BCUT2D eigenvalue weighted by molar-refractivity contribution is 7.17. The smallest absolute Gasteiger partial charge is 0.147 e. The van der Waals surface area contributed by atoms with Gasteiger partial charge in [0.25, 0.3) is 0 Å². The zero-order valence-electron chi connectivity index (χ0n) is 15.3. The number of piperazine rings is 1. The number of halogens is 1. The second-order valence-corrected chi connectivity index (χ2v) is 7.47. The highest BCUT2D eigenvalue weighted by atomic mass is 35.5. The summed E-state index contributed by atoms with van der Waals surface area (Å²) in [7, 11) is 2.17. The molecule has 0 atom stereocenters. The lowest BCUT2D eigenvalue weighted by atomic mass is 10.1. The maximum atomic E-state index is 8.87. The van der Waals surface area contributed by atoms with Crippen LogP contribution in [0.25, 0.3) is 21.3 Å². The van der Waals surface area contributed by atoms with Crippen molar-refractivity contribution < 1.29 is 9.84 Å². The van der Waals surface area contributed by atoms with Gasteiger partial charge in [0.2, 0.25) is 0 Å². The third-order valence-electron chi connectivity index (χ3n) is 4.73. The summed E-state index contributed by atoms with van der Waals surface area (Å²) >= 11 is 1.76. The van der Waals surface area contributed by atoms with Gasteiger partial charge >= 0.3 is 0 Å². The van der Waals surface area contributed by atoms with Gasteiger partial charge in [-0.15, -0.1) is 23.7 Å². The molecule has 0 spiro atoms. The fourth-order valence-corrected chi connectivity index (χ4v) is 4.12. The first kappa shape index (κ1) is 19.9. The number of aromatic nitrogens is 1. The molecule has 5 nitrogen and oxygen atoms in total. The first-order chi connectivity index (χ1) is 12.7. The summed E-state index contributed by atoms with van der Waals surface area (Å²) in [5, 5.41) is 12.3. The minimum Gasteiger partial charge on any atom is -0.491 e. The standard InChI is InChI=1S/C20H23N3O2S.ClH/c1-22-7-9-23(10-8-22)20-19-16(6-13-26-19)14-18(21-20)15-2-4-17(5-3-15)25-12-11-24;/h2-6,13-14,24H,7-12H2,1H3;1H. The van der Waals surface area contributed by atoms with Crippen LogP contribution in [0.2, 0.25) is 0 Å². The third-order valence-corrected chi connectivity index (χ3v) is 5.66. The van der Waals surface area contributed by atoms with Crippen LogP contribution in [0.4, 0.5) is 5.82 Å². The number of pyridine rings is 1. The van der Waals surface area contributed by atoms with Gasteiger partial charge < -0.3 is 19.6 Å². The van der Waals surface area contributed by atoms with E-state index in [2.05, 4.69) is 34.4 Å². The van der Waals surface area contributed by atoms with E-state index in [1.165, 1.54) is 10.1 Å². The van der Waals surface area contributed by atoms with E-state index in [1.54, 1.807) is 11.3 Å². The molecular weight excluding hydrogens is 382 g/mol. The lowest BCUT2D eigenvalue weighted by molar-refractivity contribution is 0.201. The van der Waals surface area contributed by atoms with Crippen molar-refractivity contribution in [1.82, 2.24) is 9.88 Å². The quantitative estimate of drug-likeness (QED) is 0.703. The van der Waals surface area contributed by atoms with Gasteiger partial charge in [0.1, 0.15) is 18.2 Å². The minimum absolute atomic E-state index is 0. The molecular formula is C20H24ClN3O2S. The summed E-state index contributed by atoms with van der Waals surface area (Å²) in [6.45, 7) is 4.48. The second kappa shape index (κ2) is 8.89. The summed E-state index contributed by atoms with van der Waals surface area (Å²) in [6.07, 6.45) is 0. The van der Waals surface area contributed by atoms with Gasteiger partial charge in [-0.1, -0.05) is 0 Å². The van der Waals surface area contributed by atoms with Gasteiger partial charge in [0.05, 0.1) is 17.0 Å². The summed E-state index contributed by atoms with van der Waals surface area (Å²) in [4.78, 5) is 9.78. The molecule has 0 bridgehead atoms. The van der Waals surface area contributed by atoms with Crippen molar-refractivity contribution in [2.45, 2.75) is 0 Å². The van der Waals surface area contributed by atoms with Crippen LogP contribution in [0, 0.1) is 0 Å². The number of benzene rings is 1. The molecule has 0 saturated carbocycles. The number of likely N-dealkylation sites (N-methyl/N-ethyl adjacent to an activating group) is 1. The van der Waals surface area contributed by atoms with Crippen molar-refractivity contribution in [2.24, 2.45) is 0 Å². The monoisotopic (exact) mass is 405 g/mol. The molecule has 27 heavy (non-hydrogen) atoms. The molecule has 1 saturated heterocycles. The minimum atomic E-state index is 0. The van der Waals surface area contributed by atoms with Crippen molar-refractivity contribution in [2.75, 3.05) is 51.3 Å². The van der Waals surface area contributed by atoms with E-state index in [1.807, 2.05) is 24.3 Å². The number of anilines is 1. The van der Waals surface area contributed by atoms with E-state index in [-0.39, 0.29) is 19.0 Å². The number of fused-ring (bicyclic) bond motifs is 1. The Morgan fingerprint density at radius 1 is 1.11 bits per heavy atom. The number of aliphatic hydroxyl groups is 1. The fourth-order valence-electron chi connectivity index (χ4n) is 3.22. The Morgan fingerprint density at radius 3 is 2.56 bits per heavy atom. The van der Waals surface area contributed by atoms with Crippen LogP contribution in [-0.4, -0.2) is 61.4 Å². The molecule has 0 aliphatic carbocycles. The topological polar surface area (TPSA) is 48.8 Å². The van der Waals surface area contributed by atoms with Gasteiger partial charge in [0.15, 0.2) is 0 Å². The lowest BCUT2D eigenvalue weighted by Gasteiger charge is -2.33. The van der Waals surface area contributed by atoms with E-state index in [0.717, 1.165) is 49.0 Å². The number of thiophene rings is 1. The number of hydrogen-bond donors (Lipinski definition) is 1. The molecule has 1 aliphatic heterocycles. The summed E-state index contributed by atoms with van der Waals surface area (Å²) < 4.78 is 6.72. The zero-order valence-corrected chi connectivity index (χ0v) is 16.9. The summed E-state index contributed by atoms with van der Waals surface area (Å²) in [6, 6.07) is 12.3. The van der Waals surface area contributed by atoms with Gasteiger partial charge in [0, 0.05) is 31.7 Å². The van der Waals surface area contributed by atoms with E-state index in [9.17, 15) is 0 Å². The van der Waals surface area contributed by atoms with Crippen LogP contribution in [-0.2, 0) is 0 Å². The van der Waals surface area contributed by atoms with E-state index in [0.29, 0.717) is 6.61 Å². The Labute approximate surface area is 169 Å². The summed E-state index contributed by atoms with van der Waals surface area (Å²) in [5.74, 6) is 1.86. The SMILES string of the molecule is CN1CCN(c2nc(-c3ccc(OCCO)cc3)cc3ccsc23)CC1.Cl. The van der Waals surface area contributed by atoms with Crippen molar-refractivity contribution >= 4 is 39.6 Å². The Kier molecular flexibility index (Phi) is 6.55. The van der Waals surface area contributed by atoms with Crippen molar-refractivity contribution in [3.63, 3.8) is 0 Å².